The van der Waals surface area contributed by atoms with Gasteiger partial charge in [-0.25, -0.2) is 4.98 Å². The molecule has 0 atom stereocenters. The molecule has 0 aliphatic carbocycles. The van der Waals surface area contributed by atoms with Crippen LogP contribution in [-0.4, -0.2) is 10.9 Å². The summed E-state index contributed by atoms with van der Waals surface area (Å²) in [5.41, 5.74) is 7.99. The van der Waals surface area contributed by atoms with Gasteiger partial charge in [-0.05, 0) is 39.5 Å². The van der Waals surface area contributed by atoms with Gasteiger partial charge in [-0.3, -0.25) is 4.79 Å². The largest absolute Gasteiger partial charge is 0.383 e. The van der Waals surface area contributed by atoms with Gasteiger partial charge < -0.3 is 11.1 Å². The number of carbonyl (C=O) groups is 1. The second-order valence-electron chi connectivity index (χ2n) is 4.78. The van der Waals surface area contributed by atoms with Crippen molar-refractivity contribution in [3.05, 3.63) is 52.1 Å². The molecular formula is C15H16BrN3O. The Balaban J connectivity index is 2.31. The third-order valence-electron chi connectivity index (χ3n) is 2.96. The predicted molar refractivity (Wildman–Crippen MR) is 84.8 cm³/mol. The van der Waals surface area contributed by atoms with Crippen molar-refractivity contribution in [2.75, 3.05) is 11.1 Å². The highest BCUT2D eigenvalue weighted by molar-refractivity contribution is 9.10. The summed E-state index contributed by atoms with van der Waals surface area (Å²) >= 11 is 3.29. The fourth-order valence-electron chi connectivity index (χ4n) is 1.94. The topological polar surface area (TPSA) is 68.0 Å². The van der Waals surface area contributed by atoms with E-state index in [2.05, 4.69) is 40.1 Å². The number of anilines is 2. The summed E-state index contributed by atoms with van der Waals surface area (Å²) < 4.78 is 0.717. The van der Waals surface area contributed by atoms with Crippen molar-refractivity contribution in [3.63, 3.8) is 0 Å². The van der Waals surface area contributed by atoms with Crippen LogP contribution in [-0.2, 0) is 0 Å². The molecule has 0 saturated carbocycles. The lowest BCUT2D eigenvalue weighted by Gasteiger charge is -2.14. The number of amides is 1. The molecule has 0 unspecified atom stereocenters. The molecule has 1 aromatic carbocycles. The number of hydrogen-bond acceptors (Lipinski definition) is 3. The zero-order valence-corrected chi connectivity index (χ0v) is 12.9. The molecule has 20 heavy (non-hydrogen) atoms. The van der Waals surface area contributed by atoms with E-state index in [1.54, 1.807) is 12.3 Å². The van der Waals surface area contributed by atoms with Crippen LogP contribution in [0.5, 0.6) is 0 Å². The maximum Gasteiger partial charge on any atom is 0.259 e. The molecule has 0 aliphatic rings. The molecule has 4 nitrogen and oxygen atoms in total. The number of benzene rings is 1. The Morgan fingerprint density at radius 1 is 1.35 bits per heavy atom. The van der Waals surface area contributed by atoms with Crippen LogP contribution >= 0.6 is 15.9 Å². The summed E-state index contributed by atoms with van der Waals surface area (Å²) in [5.74, 6) is 0.279. The fourth-order valence-corrected chi connectivity index (χ4v) is 2.27. The van der Waals surface area contributed by atoms with Crippen molar-refractivity contribution >= 4 is 33.3 Å². The Hall–Kier alpha value is -1.88. The van der Waals surface area contributed by atoms with E-state index in [9.17, 15) is 4.79 Å². The van der Waals surface area contributed by atoms with Crippen molar-refractivity contribution in [2.45, 2.75) is 19.8 Å². The fraction of sp³-hybridized carbons (Fsp3) is 0.200. The molecule has 0 bridgehead atoms. The smallest absolute Gasteiger partial charge is 0.259 e. The van der Waals surface area contributed by atoms with E-state index in [-0.39, 0.29) is 11.7 Å². The van der Waals surface area contributed by atoms with Crippen molar-refractivity contribution < 1.29 is 4.79 Å². The number of nitrogen functional groups attached to an aromatic ring is 1. The Labute approximate surface area is 126 Å². The van der Waals surface area contributed by atoms with Crippen molar-refractivity contribution in [1.29, 1.82) is 0 Å². The molecule has 1 amide bonds. The minimum atomic E-state index is -0.260. The lowest BCUT2D eigenvalue weighted by molar-refractivity contribution is 0.102. The van der Waals surface area contributed by atoms with Gasteiger partial charge >= 0.3 is 0 Å². The minimum absolute atomic E-state index is 0.215. The number of nitrogens with one attached hydrogen (secondary N) is 1. The Morgan fingerprint density at radius 2 is 2.05 bits per heavy atom. The summed E-state index contributed by atoms with van der Waals surface area (Å²) in [5, 5.41) is 2.90. The van der Waals surface area contributed by atoms with Crippen LogP contribution in [0, 0.1) is 0 Å². The molecule has 2 rings (SSSR count). The standard InChI is InChI=1S/C15H16BrN3O/c1-9(2)11-5-3-4-6-13(11)19-15(20)12-7-10(16)8-18-14(12)17/h3-9H,1-2H3,(H2,17,18)(H,19,20). The van der Waals surface area contributed by atoms with Crippen LogP contribution in [0.4, 0.5) is 11.5 Å². The molecule has 5 heteroatoms. The maximum atomic E-state index is 12.3. The molecule has 0 aliphatic heterocycles. The lowest BCUT2D eigenvalue weighted by atomic mass is 10.0. The van der Waals surface area contributed by atoms with Gasteiger partial charge in [-0.15, -0.1) is 0 Å². The van der Waals surface area contributed by atoms with Gasteiger partial charge in [-0.1, -0.05) is 32.0 Å². The number of aromatic nitrogens is 1. The molecule has 0 fully saturated rings. The van der Waals surface area contributed by atoms with Crippen LogP contribution in [0.25, 0.3) is 0 Å². The highest BCUT2D eigenvalue weighted by atomic mass is 79.9. The van der Waals surface area contributed by atoms with E-state index < -0.39 is 0 Å². The summed E-state index contributed by atoms with van der Waals surface area (Å²) in [6.45, 7) is 4.17. The highest BCUT2D eigenvalue weighted by Gasteiger charge is 2.14. The van der Waals surface area contributed by atoms with Crippen molar-refractivity contribution in [3.8, 4) is 0 Å². The number of rotatable bonds is 3. The Bertz CT molecular complexity index is 641. The molecule has 104 valence electrons. The van der Waals surface area contributed by atoms with E-state index in [0.29, 0.717) is 16.0 Å². The first kappa shape index (κ1) is 14.5. The normalized spacial score (nSPS) is 10.6. The van der Waals surface area contributed by atoms with Gasteiger partial charge in [0, 0.05) is 16.4 Å². The van der Waals surface area contributed by atoms with Crippen LogP contribution in [0.1, 0.15) is 35.7 Å². The quantitative estimate of drug-likeness (QED) is 0.897. The first-order chi connectivity index (χ1) is 9.49. The number of carbonyl (C=O) groups excluding carboxylic acids is 1. The number of nitrogens with zero attached hydrogens (tertiary/aromatic N) is 1. The first-order valence-corrected chi connectivity index (χ1v) is 7.09. The van der Waals surface area contributed by atoms with Gasteiger partial charge in [-0.2, -0.15) is 0 Å². The van der Waals surface area contributed by atoms with Gasteiger partial charge in [0.2, 0.25) is 0 Å². The average Bonchev–Trinajstić information content (AvgIpc) is 2.41. The summed E-state index contributed by atoms with van der Waals surface area (Å²) in [6.07, 6.45) is 1.56. The maximum absolute atomic E-state index is 12.3. The van der Waals surface area contributed by atoms with Crippen LogP contribution < -0.4 is 11.1 Å². The molecular weight excluding hydrogens is 318 g/mol. The Kier molecular flexibility index (Phi) is 4.39. The number of para-hydroxylation sites is 1. The SMILES string of the molecule is CC(C)c1ccccc1NC(=O)c1cc(Br)cnc1N. The van der Waals surface area contributed by atoms with E-state index in [4.69, 9.17) is 5.73 Å². The molecule has 3 N–H and O–H groups in total. The second kappa shape index (κ2) is 6.05. The second-order valence-corrected chi connectivity index (χ2v) is 5.70. The monoisotopic (exact) mass is 333 g/mol. The Morgan fingerprint density at radius 3 is 2.75 bits per heavy atom. The average molecular weight is 334 g/mol. The summed E-state index contributed by atoms with van der Waals surface area (Å²) in [4.78, 5) is 16.3. The third kappa shape index (κ3) is 3.17. The molecule has 0 saturated heterocycles. The predicted octanol–water partition coefficient (Wildman–Crippen LogP) is 3.80. The summed E-state index contributed by atoms with van der Waals surface area (Å²) in [7, 11) is 0. The molecule has 0 spiro atoms. The van der Waals surface area contributed by atoms with Gasteiger partial charge in [0.1, 0.15) is 5.82 Å². The molecule has 1 heterocycles. The lowest BCUT2D eigenvalue weighted by Crippen LogP contribution is -2.16. The summed E-state index contributed by atoms with van der Waals surface area (Å²) in [6, 6.07) is 9.40. The van der Waals surface area contributed by atoms with Crippen LogP contribution in [0.2, 0.25) is 0 Å². The van der Waals surface area contributed by atoms with Gasteiger partial charge in [0.05, 0.1) is 5.56 Å². The zero-order chi connectivity index (χ0) is 14.7. The zero-order valence-electron chi connectivity index (χ0n) is 11.4. The molecule has 2 aromatic rings. The number of pyridine rings is 1. The van der Waals surface area contributed by atoms with Gasteiger partial charge in [0.25, 0.3) is 5.91 Å². The van der Waals surface area contributed by atoms with Gasteiger partial charge in [0.15, 0.2) is 0 Å². The first-order valence-electron chi connectivity index (χ1n) is 6.30. The van der Waals surface area contributed by atoms with E-state index in [1.807, 2.05) is 24.3 Å². The van der Waals surface area contributed by atoms with E-state index >= 15 is 0 Å². The number of hydrogen-bond donors (Lipinski definition) is 2. The molecule has 0 radical (unpaired) electrons. The van der Waals surface area contributed by atoms with Crippen molar-refractivity contribution in [2.24, 2.45) is 0 Å². The van der Waals surface area contributed by atoms with Crippen LogP contribution in [0.15, 0.2) is 41.0 Å². The van der Waals surface area contributed by atoms with E-state index in [0.717, 1.165) is 11.3 Å². The number of halogens is 1. The molecule has 1 aromatic heterocycles. The third-order valence-corrected chi connectivity index (χ3v) is 3.39. The number of nitrogens with two attached hydrogens (primary N) is 1. The van der Waals surface area contributed by atoms with E-state index in [1.165, 1.54) is 0 Å². The van der Waals surface area contributed by atoms with Crippen molar-refractivity contribution in [1.82, 2.24) is 4.98 Å². The highest BCUT2D eigenvalue weighted by Crippen LogP contribution is 2.25. The minimum Gasteiger partial charge on any atom is -0.383 e. The van der Waals surface area contributed by atoms with Crippen LogP contribution in [0.3, 0.4) is 0 Å².